The molecule has 0 radical (unpaired) electrons. The zero-order valence-corrected chi connectivity index (χ0v) is 19.4. The molecule has 0 saturated heterocycles. The topological polar surface area (TPSA) is 67.2 Å². The molecule has 0 aliphatic carbocycles. The molecule has 0 aliphatic heterocycles. The second-order valence-corrected chi connectivity index (χ2v) is 8.64. The first-order chi connectivity index (χ1) is 12.3. The molecule has 0 heterocycles. The fourth-order valence-corrected chi connectivity index (χ4v) is 2.94. The summed E-state index contributed by atoms with van der Waals surface area (Å²) in [7, 11) is 0. The molecule has 2 rings (SSSR count). The zero-order chi connectivity index (χ0) is 19.3. The third kappa shape index (κ3) is 6.15. The lowest BCUT2D eigenvalue weighted by Gasteiger charge is -2.14. The van der Waals surface area contributed by atoms with E-state index in [-0.39, 0.29) is 10.9 Å². The molecule has 26 heavy (non-hydrogen) atoms. The van der Waals surface area contributed by atoms with Crippen molar-refractivity contribution in [3.8, 4) is 0 Å². The summed E-state index contributed by atoms with van der Waals surface area (Å²) in [5, 5.41) is 17.2. The number of benzene rings is 2. The van der Waals surface area contributed by atoms with Crippen LogP contribution >= 0.6 is 80.0 Å². The Morgan fingerprint density at radius 1 is 0.846 bits per heavy atom. The van der Waals surface area contributed by atoms with Crippen molar-refractivity contribution in [3.63, 3.8) is 0 Å². The van der Waals surface area contributed by atoms with Crippen LogP contribution in [-0.4, -0.2) is 4.92 Å². The normalized spacial score (nSPS) is 10.0. The van der Waals surface area contributed by atoms with Gasteiger partial charge in [0.25, 0.3) is 0 Å². The van der Waals surface area contributed by atoms with Crippen LogP contribution in [0.4, 0.5) is 11.4 Å². The lowest BCUT2D eigenvalue weighted by atomic mass is 10.3. The van der Waals surface area contributed by atoms with Crippen LogP contribution in [0.5, 0.6) is 0 Å². The van der Waals surface area contributed by atoms with Crippen molar-refractivity contribution in [1.29, 1.82) is 0 Å². The molecule has 2 aromatic carbocycles. The van der Waals surface area contributed by atoms with Crippen molar-refractivity contribution in [3.05, 3.63) is 86.8 Å². The molecule has 0 aliphatic rings. The van der Waals surface area contributed by atoms with Gasteiger partial charge in [-0.25, -0.2) is 0 Å². The molecule has 0 atom stereocenters. The van der Waals surface area contributed by atoms with Gasteiger partial charge < -0.3 is 10.6 Å². The summed E-state index contributed by atoms with van der Waals surface area (Å²) in [6, 6.07) is 14.6. The molecule has 0 aromatic heterocycles. The number of allylic oxidation sites excluding steroid dienone is 1. The van der Waals surface area contributed by atoms with Crippen molar-refractivity contribution >= 4 is 91.4 Å². The zero-order valence-electron chi connectivity index (χ0n) is 12.8. The number of nitro groups is 1. The number of rotatable bonds is 6. The second kappa shape index (κ2) is 9.98. The Labute approximate surface area is 192 Å². The minimum atomic E-state index is -0.651. The van der Waals surface area contributed by atoms with Gasteiger partial charge in [-0.2, -0.15) is 0 Å². The largest absolute Gasteiger partial charge is 0.336 e. The molecule has 5 nitrogen and oxygen atoms in total. The SMILES string of the molecule is O=[N+]([O-])C(=C(Nc1ccc(I)cc1)Nc1ccc(I)cc1)C(Cl)=C(Cl)Cl. The summed E-state index contributed by atoms with van der Waals surface area (Å²) in [5.74, 6) is 0.0428. The molecule has 0 amide bonds. The Hall–Kier alpha value is -0.750. The van der Waals surface area contributed by atoms with Crippen molar-refractivity contribution in [2.24, 2.45) is 0 Å². The van der Waals surface area contributed by atoms with E-state index in [2.05, 4.69) is 55.8 Å². The van der Waals surface area contributed by atoms with Gasteiger partial charge in [-0.05, 0) is 93.7 Å². The Morgan fingerprint density at radius 3 is 1.54 bits per heavy atom. The number of hydrogen-bond acceptors (Lipinski definition) is 4. The summed E-state index contributed by atoms with van der Waals surface area (Å²) in [6.07, 6.45) is 0. The lowest BCUT2D eigenvalue weighted by Crippen LogP contribution is -2.17. The number of nitrogens with one attached hydrogen (secondary N) is 2. The Morgan fingerprint density at radius 2 is 1.23 bits per heavy atom. The van der Waals surface area contributed by atoms with E-state index < -0.39 is 15.1 Å². The van der Waals surface area contributed by atoms with Crippen LogP contribution in [0.25, 0.3) is 0 Å². The second-order valence-electron chi connectivity index (χ2n) is 4.82. The van der Waals surface area contributed by atoms with E-state index in [1.165, 1.54) is 0 Å². The number of nitrogens with zero attached hydrogens (tertiary/aromatic N) is 1. The maximum atomic E-state index is 11.6. The average Bonchev–Trinajstić information content (AvgIpc) is 2.58. The first-order valence-electron chi connectivity index (χ1n) is 6.93. The Bertz CT molecular complexity index is 816. The summed E-state index contributed by atoms with van der Waals surface area (Å²) < 4.78 is 1.66. The number of halogens is 5. The van der Waals surface area contributed by atoms with E-state index in [1.54, 1.807) is 24.3 Å². The monoisotopic (exact) mass is 635 g/mol. The molecule has 0 fully saturated rings. The average molecular weight is 636 g/mol. The van der Waals surface area contributed by atoms with Crippen LogP contribution in [-0.2, 0) is 0 Å². The molecule has 10 heteroatoms. The van der Waals surface area contributed by atoms with Crippen LogP contribution in [0.3, 0.4) is 0 Å². The van der Waals surface area contributed by atoms with E-state index in [9.17, 15) is 10.1 Å². The van der Waals surface area contributed by atoms with Crippen molar-refractivity contribution < 1.29 is 4.92 Å². The molecule has 2 N–H and O–H groups in total. The quantitative estimate of drug-likeness (QED) is 0.159. The third-order valence-corrected chi connectivity index (χ3v) is 5.40. The summed E-state index contributed by atoms with van der Waals surface area (Å²) in [4.78, 5) is 11.0. The van der Waals surface area contributed by atoms with Crippen molar-refractivity contribution in [2.45, 2.75) is 0 Å². The first kappa shape index (κ1) is 21.5. The van der Waals surface area contributed by atoms with Crippen LogP contribution < -0.4 is 10.6 Å². The van der Waals surface area contributed by atoms with E-state index in [1.807, 2.05) is 24.3 Å². The van der Waals surface area contributed by atoms with Crippen molar-refractivity contribution in [1.82, 2.24) is 0 Å². The fraction of sp³-hybridized carbons (Fsp3) is 0. The van der Waals surface area contributed by atoms with Gasteiger partial charge >= 0.3 is 5.70 Å². The Balaban J connectivity index is 2.53. The van der Waals surface area contributed by atoms with Gasteiger partial charge in [0.05, 0.1) is 4.92 Å². The molecule has 0 unspecified atom stereocenters. The predicted molar refractivity (Wildman–Crippen MR) is 124 cm³/mol. The van der Waals surface area contributed by atoms with Crippen LogP contribution in [0.1, 0.15) is 0 Å². The summed E-state index contributed by atoms with van der Waals surface area (Å²) in [6.45, 7) is 0. The number of hydrogen-bond donors (Lipinski definition) is 2. The van der Waals surface area contributed by atoms with E-state index >= 15 is 0 Å². The van der Waals surface area contributed by atoms with Crippen LogP contribution in [0.2, 0.25) is 0 Å². The highest BCUT2D eigenvalue weighted by atomic mass is 127. The van der Waals surface area contributed by atoms with Gasteiger partial charge in [0.1, 0.15) is 4.49 Å². The summed E-state index contributed by atoms with van der Waals surface area (Å²) in [5.41, 5.74) is 0.796. The molecular formula is C16H10Cl3I2N3O2. The van der Waals surface area contributed by atoms with Gasteiger partial charge in [-0.15, -0.1) is 0 Å². The van der Waals surface area contributed by atoms with Gasteiger partial charge in [-0.1, -0.05) is 34.8 Å². The number of anilines is 2. The van der Waals surface area contributed by atoms with Gasteiger partial charge in [0.2, 0.25) is 0 Å². The van der Waals surface area contributed by atoms with Crippen LogP contribution in [0, 0.1) is 17.3 Å². The highest BCUT2D eigenvalue weighted by Gasteiger charge is 2.26. The van der Waals surface area contributed by atoms with E-state index in [0.717, 1.165) is 7.14 Å². The summed E-state index contributed by atoms with van der Waals surface area (Å²) >= 11 is 21.7. The molecule has 0 spiro atoms. The van der Waals surface area contributed by atoms with E-state index in [0.29, 0.717) is 11.4 Å². The maximum absolute atomic E-state index is 11.6. The first-order valence-corrected chi connectivity index (χ1v) is 10.2. The standard InChI is InChI=1S/C16H10Cl3I2N3O2/c17-13(15(18)19)14(24(25)26)16(22-11-5-1-9(20)2-6-11)23-12-7-3-10(21)4-8-12/h1-8,22-23H. The molecule has 2 aromatic rings. The smallest absolute Gasteiger partial charge is 0.330 e. The molecule has 0 saturated carbocycles. The lowest BCUT2D eigenvalue weighted by molar-refractivity contribution is -0.420. The van der Waals surface area contributed by atoms with Gasteiger partial charge in [0.15, 0.2) is 10.9 Å². The van der Waals surface area contributed by atoms with E-state index in [4.69, 9.17) is 34.8 Å². The van der Waals surface area contributed by atoms with Crippen molar-refractivity contribution in [2.75, 3.05) is 10.6 Å². The predicted octanol–water partition coefficient (Wildman–Crippen LogP) is 6.75. The molecule has 0 bridgehead atoms. The molecular weight excluding hydrogens is 626 g/mol. The minimum Gasteiger partial charge on any atom is -0.336 e. The highest BCUT2D eigenvalue weighted by Crippen LogP contribution is 2.29. The third-order valence-electron chi connectivity index (χ3n) is 3.02. The van der Waals surface area contributed by atoms with Gasteiger partial charge in [0, 0.05) is 18.5 Å². The molecule has 136 valence electrons. The maximum Gasteiger partial charge on any atom is 0.330 e. The fourth-order valence-electron chi connectivity index (χ4n) is 1.88. The Kier molecular flexibility index (Phi) is 8.27. The van der Waals surface area contributed by atoms with Gasteiger partial charge in [-0.3, -0.25) is 10.1 Å². The highest BCUT2D eigenvalue weighted by molar-refractivity contribution is 14.1. The van der Waals surface area contributed by atoms with Crippen LogP contribution in [0.15, 0.2) is 69.6 Å². The minimum absolute atomic E-state index is 0.0428.